The Balaban J connectivity index is 1.42. The first kappa shape index (κ1) is 38.6. The van der Waals surface area contributed by atoms with Gasteiger partial charge in [-0.2, -0.15) is 0 Å². The third kappa shape index (κ3) is 13.7. The Morgan fingerprint density at radius 2 is 1.15 bits per heavy atom. The average molecular weight is 679 g/mol. The molecule has 7 nitrogen and oxygen atoms in total. The summed E-state index contributed by atoms with van der Waals surface area (Å²) in [6.45, 7) is 6.85. The fourth-order valence-electron chi connectivity index (χ4n) is 5.11. The standard InChI is InChI=1S/C40H51ClO7/c1-4-6-8-10-12-14-16-28-46-38(42)30(3)47-39(43)33-21-24-35(25-22-33)48-40(44)32-19-17-31(18-20-32)34-23-26-37(36(41)29-34)45-27-15-13-11-9-7-5-2/h17-26,29-30H,4-16,27-28H2,1-3H3. The number of hydrogen-bond acceptors (Lipinski definition) is 7. The lowest BCUT2D eigenvalue weighted by molar-refractivity contribution is -0.153. The van der Waals surface area contributed by atoms with E-state index in [0.29, 0.717) is 29.5 Å². The number of benzene rings is 3. The third-order valence-corrected chi connectivity index (χ3v) is 8.35. The van der Waals surface area contributed by atoms with Crippen molar-refractivity contribution in [2.24, 2.45) is 0 Å². The maximum absolute atomic E-state index is 12.8. The van der Waals surface area contributed by atoms with Crippen LogP contribution >= 0.6 is 11.6 Å². The summed E-state index contributed by atoms with van der Waals surface area (Å²) in [7, 11) is 0. The summed E-state index contributed by atoms with van der Waals surface area (Å²) in [5.41, 5.74) is 2.40. The molecule has 3 rings (SSSR count). The van der Waals surface area contributed by atoms with Crippen molar-refractivity contribution in [3.8, 4) is 22.6 Å². The lowest BCUT2D eigenvalue weighted by Gasteiger charge is -2.13. The molecular formula is C40H51ClO7. The van der Waals surface area contributed by atoms with Crippen LogP contribution in [0.1, 0.15) is 125 Å². The molecule has 0 heterocycles. The van der Waals surface area contributed by atoms with E-state index in [9.17, 15) is 14.4 Å². The predicted octanol–water partition coefficient (Wildman–Crippen LogP) is 10.8. The van der Waals surface area contributed by atoms with Crippen molar-refractivity contribution in [3.05, 3.63) is 82.9 Å². The van der Waals surface area contributed by atoms with Gasteiger partial charge in [-0.15, -0.1) is 0 Å². The van der Waals surface area contributed by atoms with Crippen molar-refractivity contribution < 1.29 is 33.3 Å². The summed E-state index contributed by atoms with van der Waals surface area (Å²) in [6.07, 6.45) is 14.0. The van der Waals surface area contributed by atoms with E-state index < -0.39 is 24.0 Å². The van der Waals surface area contributed by atoms with Crippen LogP contribution in [-0.2, 0) is 14.3 Å². The van der Waals surface area contributed by atoms with E-state index in [1.807, 2.05) is 30.3 Å². The minimum atomic E-state index is -1.03. The normalized spacial score (nSPS) is 11.5. The van der Waals surface area contributed by atoms with Crippen molar-refractivity contribution in [1.82, 2.24) is 0 Å². The number of carbonyl (C=O) groups excluding carboxylic acids is 3. The Morgan fingerprint density at radius 3 is 1.75 bits per heavy atom. The van der Waals surface area contributed by atoms with Crippen LogP contribution in [0.15, 0.2) is 66.7 Å². The number of unbranched alkanes of at least 4 members (excludes halogenated alkanes) is 11. The zero-order chi connectivity index (χ0) is 34.6. The van der Waals surface area contributed by atoms with Gasteiger partial charge in [-0.25, -0.2) is 14.4 Å². The van der Waals surface area contributed by atoms with Crippen LogP contribution in [0.25, 0.3) is 11.1 Å². The lowest BCUT2D eigenvalue weighted by Crippen LogP contribution is -2.26. The van der Waals surface area contributed by atoms with Crippen LogP contribution in [-0.4, -0.2) is 37.2 Å². The van der Waals surface area contributed by atoms with Gasteiger partial charge in [-0.3, -0.25) is 0 Å². The smallest absolute Gasteiger partial charge is 0.347 e. The zero-order valence-electron chi connectivity index (χ0n) is 28.8. The second-order valence-corrected chi connectivity index (χ2v) is 12.5. The van der Waals surface area contributed by atoms with E-state index in [2.05, 4.69) is 13.8 Å². The summed E-state index contributed by atoms with van der Waals surface area (Å²) < 4.78 is 21.9. The lowest BCUT2D eigenvalue weighted by atomic mass is 10.0. The number of ether oxygens (including phenoxy) is 4. The number of carbonyl (C=O) groups is 3. The van der Waals surface area contributed by atoms with E-state index in [-0.39, 0.29) is 11.3 Å². The molecule has 1 atom stereocenters. The van der Waals surface area contributed by atoms with E-state index in [4.69, 9.17) is 30.5 Å². The molecule has 3 aromatic rings. The van der Waals surface area contributed by atoms with Crippen LogP contribution in [0.5, 0.6) is 11.5 Å². The Kier molecular flexibility index (Phi) is 17.6. The first-order valence-corrected chi connectivity index (χ1v) is 17.9. The van der Waals surface area contributed by atoms with Gasteiger partial charge in [-0.1, -0.05) is 114 Å². The molecule has 0 spiro atoms. The van der Waals surface area contributed by atoms with Crippen LogP contribution < -0.4 is 9.47 Å². The molecule has 3 aromatic carbocycles. The number of halogens is 1. The second-order valence-electron chi connectivity index (χ2n) is 12.1. The molecule has 0 bridgehead atoms. The molecule has 0 radical (unpaired) electrons. The van der Waals surface area contributed by atoms with Gasteiger partial charge in [0, 0.05) is 0 Å². The van der Waals surface area contributed by atoms with Crippen molar-refractivity contribution >= 4 is 29.5 Å². The highest BCUT2D eigenvalue weighted by atomic mass is 35.5. The van der Waals surface area contributed by atoms with Crippen molar-refractivity contribution in [2.45, 2.75) is 110 Å². The molecule has 48 heavy (non-hydrogen) atoms. The number of esters is 3. The summed E-state index contributed by atoms with van der Waals surface area (Å²) in [6, 6.07) is 18.7. The highest BCUT2D eigenvalue weighted by Crippen LogP contribution is 2.31. The Morgan fingerprint density at radius 1 is 0.625 bits per heavy atom. The SMILES string of the molecule is CCCCCCCCCOC(=O)C(C)OC(=O)c1ccc(OC(=O)c2ccc(-c3ccc(OCCCCCCCC)c(Cl)c3)cc2)cc1. The molecule has 0 aromatic heterocycles. The van der Waals surface area contributed by atoms with Gasteiger partial charge in [0.25, 0.3) is 0 Å². The average Bonchev–Trinajstić information content (AvgIpc) is 3.09. The van der Waals surface area contributed by atoms with E-state index in [1.54, 1.807) is 12.1 Å². The monoisotopic (exact) mass is 678 g/mol. The molecule has 1 unspecified atom stereocenters. The molecule has 0 fully saturated rings. The van der Waals surface area contributed by atoms with Crippen LogP contribution in [0.4, 0.5) is 0 Å². The number of hydrogen-bond donors (Lipinski definition) is 0. The van der Waals surface area contributed by atoms with Crippen LogP contribution in [0, 0.1) is 0 Å². The van der Waals surface area contributed by atoms with Crippen molar-refractivity contribution in [2.75, 3.05) is 13.2 Å². The quantitative estimate of drug-likeness (QED) is 0.0593. The fourth-order valence-corrected chi connectivity index (χ4v) is 5.35. The molecule has 0 N–H and O–H groups in total. The van der Waals surface area contributed by atoms with Gasteiger partial charge in [-0.05, 0) is 79.4 Å². The summed E-state index contributed by atoms with van der Waals surface area (Å²) in [4.78, 5) is 37.6. The van der Waals surface area contributed by atoms with E-state index in [0.717, 1.165) is 43.2 Å². The molecule has 8 heteroatoms. The Labute approximate surface area is 291 Å². The first-order chi connectivity index (χ1) is 23.3. The van der Waals surface area contributed by atoms with E-state index in [1.165, 1.54) is 82.6 Å². The largest absolute Gasteiger partial charge is 0.492 e. The Bertz CT molecular complexity index is 1400. The van der Waals surface area contributed by atoms with Gasteiger partial charge in [0.05, 0.1) is 29.4 Å². The highest BCUT2D eigenvalue weighted by Gasteiger charge is 2.20. The summed E-state index contributed by atoms with van der Waals surface area (Å²) in [5.74, 6) is -0.837. The molecule has 0 aliphatic rings. The molecule has 0 aliphatic heterocycles. The highest BCUT2D eigenvalue weighted by molar-refractivity contribution is 6.32. The Hall–Kier alpha value is -3.84. The van der Waals surface area contributed by atoms with Crippen LogP contribution in [0.3, 0.4) is 0 Å². The third-order valence-electron chi connectivity index (χ3n) is 8.05. The molecule has 0 amide bonds. The second kappa shape index (κ2) is 21.9. The van der Waals surface area contributed by atoms with Gasteiger partial charge in [0.15, 0.2) is 6.10 Å². The maximum Gasteiger partial charge on any atom is 0.347 e. The minimum absolute atomic E-state index is 0.225. The number of rotatable bonds is 22. The van der Waals surface area contributed by atoms with Gasteiger partial charge >= 0.3 is 17.9 Å². The molecular weight excluding hydrogens is 628 g/mol. The summed E-state index contributed by atoms with van der Waals surface area (Å²) in [5, 5.41) is 0.544. The van der Waals surface area contributed by atoms with E-state index >= 15 is 0 Å². The van der Waals surface area contributed by atoms with Gasteiger partial charge < -0.3 is 18.9 Å². The van der Waals surface area contributed by atoms with Crippen molar-refractivity contribution in [3.63, 3.8) is 0 Å². The predicted molar refractivity (Wildman–Crippen MR) is 191 cm³/mol. The molecule has 260 valence electrons. The minimum Gasteiger partial charge on any atom is -0.492 e. The molecule has 0 saturated carbocycles. The maximum atomic E-state index is 12.8. The van der Waals surface area contributed by atoms with Gasteiger partial charge in [0.2, 0.25) is 0 Å². The fraction of sp³-hybridized carbons (Fsp3) is 0.475. The van der Waals surface area contributed by atoms with Crippen LogP contribution in [0.2, 0.25) is 5.02 Å². The van der Waals surface area contributed by atoms with Gasteiger partial charge in [0.1, 0.15) is 11.5 Å². The summed E-state index contributed by atoms with van der Waals surface area (Å²) >= 11 is 6.50. The van der Waals surface area contributed by atoms with Crippen molar-refractivity contribution in [1.29, 1.82) is 0 Å². The first-order valence-electron chi connectivity index (χ1n) is 17.5. The zero-order valence-corrected chi connectivity index (χ0v) is 29.5. The molecule has 0 saturated heterocycles. The molecule has 0 aliphatic carbocycles. The topological polar surface area (TPSA) is 88.1 Å².